The number of piperidine rings is 1. The van der Waals surface area contributed by atoms with E-state index in [9.17, 15) is 13.2 Å². The number of anilines is 1. The Morgan fingerprint density at radius 1 is 1.07 bits per heavy atom. The molecular weight excluding hydrogens is 532 g/mol. The van der Waals surface area contributed by atoms with Gasteiger partial charge in [0.2, 0.25) is 15.9 Å². The molecule has 4 heterocycles. The van der Waals surface area contributed by atoms with Gasteiger partial charge in [-0.05, 0) is 64.2 Å². The molecule has 1 aliphatic heterocycles. The van der Waals surface area contributed by atoms with Gasteiger partial charge in [-0.25, -0.2) is 37.6 Å². The van der Waals surface area contributed by atoms with Crippen LogP contribution in [0.4, 0.5) is 5.82 Å². The number of sulfonamides is 1. The van der Waals surface area contributed by atoms with Crippen LogP contribution in [0, 0.1) is 11.8 Å². The third-order valence-corrected chi connectivity index (χ3v) is 10.3. The standard InChI is InChI=1S/C27H36N8O4S/c1-4-40(37,38)34-11-9-17(10-12-34)13-28-24-27(36)35(16(2)18-5-6-18)25-20(32-24)14-29-23(33-25)21-22(19-7-8-19)30-15-31-26(21)39-3/h14-19H,4-13H2,1-3H3,(H,28,32)/t16-/m1/s1. The molecule has 13 heteroatoms. The molecule has 1 saturated heterocycles. The summed E-state index contributed by atoms with van der Waals surface area (Å²) in [7, 11) is -1.60. The van der Waals surface area contributed by atoms with E-state index in [1.165, 1.54) is 6.33 Å². The molecule has 2 saturated carbocycles. The van der Waals surface area contributed by atoms with Crippen LogP contribution in [0.2, 0.25) is 0 Å². The number of rotatable bonds is 10. The minimum Gasteiger partial charge on any atom is -0.480 e. The van der Waals surface area contributed by atoms with Gasteiger partial charge in [0, 0.05) is 31.6 Å². The highest BCUT2D eigenvalue weighted by Crippen LogP contribution is 2.45. The van der Waals surface area contributed by atoms with Gasteiger partial charge in [-0.2, -0.15) is 0 Å². The Hall–Kier alpha value is -3.19. The Bertz CT molecular complexity index is 1580. The van der Waals surface area contributed by atoms with Gasteiger partial charge in [0.1, 0.15) is 17.4 Å². The first-order chi connectivity index (χ1) is 19.3. The highest BCUT2D eigenvalue weighted by atomic mass is 32.2. The summed E-state index contributed by atoms with van der Waals surface area (Å²) in [4.78, 5) is 36.9. The fourth-order valence-electron chi connectivity index (χ4n) is 5.63. The van der Waals surface area contributed by atoms with Gasteiger partial charge >= 0.3 is 0 Å². The van der Waals surface area contributed by atoms with E-state index in [4.69, 9.17) is 9.72 Å². The Kier molecular flexibility index (Phi) is 7.19. The summed E-state index contributed by atoms with van der Waals surface area (Å²) < 4.78 is 33.3. The lowest BCUT2D eigenvalue weighted by Gasteiger charge is -2.31. The Labute approximate surface area is 233 Å². The second-order valence-corrected chi connectivity index (χ2v) is 13.4. The zero-order valence-corrected chi connectivity index (χ0v) is 24.0. The van der Waals surface area contributed by atoms with Gasteiger partial charge in [-0.3, -0.25) is 9.36 Å². The first-order valence-corrected chi connectivity index (χ1v) is 15.8. The molecule has 0 aromatic carbocycles. The largest absolute Gasteiger partial charge is 0.480 e. The van der Waals surface area contributed by atoms with Gasteiger partial charge in [-0.1, -0.05) is 0 Å². The maximum absolute atomic E-state index is 13.8. The Morgan fingerprint density at radius 2 is 1.82 bits per heavy atom. The molecule has 40 heavy (non-hydrogen) atoms. The van der Waals surface area contributed by atoms with Crippen LogP contribution in [0.15, 0.2) is 17.3 Å². The zero-order valence-electron chi connectivity index (χ0n) is 23.2. The maximum atomic E-state index is 13.8. The average molecular weight is 569 g/mol. The molecule has 0 amide bonds. The number of fused-ring (bicyclic) bond motifs is 1. The van der Waals surface area contributed by atoms with Crippen LogP contribution < -0.4 is 15.6 Å². The molecule has 0 unspecified atom stereocenters. The van der Waals surface area contributed by atoms with E-state index >= 15 is 0 Å². The van der Waals surface area contributed by atoms with Crippen molar-refractivity contribution in [2.45, 2.75) is 64.3 Å². The maximum Gasteiger partial charge on any atom is 0.295 e. The van der Waals surface area contributed by atoms with E-state index in [1.54, 1.807) is 29.1 Å². The summed E-state index contributed by atoms with van der Waals surface area (Å²) in [5.74, 6) is 2.24. The van der Waals surface area contributed by atoms with Crippen LogP contribution in [0.5, 0.6) is 5.88 Å². The van der Waals surface area contributed by atoms with E-state index in [0.717, 1.165) is 44.2 Å². The number of ether oxygens (including phenoxy) is 1. The van der Waals surface area contributed by atoms with E-state index in [2.05, 4.69) is 32.2 Å². The molecule has 0 radical (unpaired) electrons. The summed E-state index contributed by atoms with van der Waals surface area (Å²) in [6.45, 7) is 5.29. The molecular formula is C27H36N8O4S. The van der Waals surface area contributed by atoms with E-state index in [-0.39, 0.29) is 29.1 Å². The SMILES string of the molecule is CCS(=O)(=O)N1CCC(CNc2nc3cnc(-c4c(OC)ncnc4C4CC4)nc3n([C@H](C)C3CC3)c2=O)CC1. The van der Waals surface area contributed by atoms with E-state index in [1.807, 2.05) is 0 Å². The molecule has 214 valence electrons. The molecule has 1 N–H and O–H groups in total. The van der Waals surface area contributed by atoms with Crippen molar-refractivity contribution in [3.05, 3.63) is 28.6 Å². The lowest BCUT2D eigenvalue weighted by Crippen LogP contribution is -2.41. The molecule has 3 aliphatic rings. The van der Waals surface area contributed by atoms with E-state index < -0.39 is 10.0 Å². The monoisotopic (exact) mass is 568 g/mol. The van der Waals surface area contributed by atoms with Crippen molar-refractivity contribution in [2.75, 3.05) is 37.8 Å². The number of aromatic nitrogens is 6. The van der Waals surface area contributed by atoms with Crippen molar-refractivity contribution >= 4 is 27.0 Å². The summed E-state index contributed by atoms with van der Waals surface area (Å²) in [6, 6.07) is -0.0411. The van der Waals surface area contributed by atoms with Crippen molar-refractivity contribution in [1.29, 1.82) is 0 Å². The highest BCUT2D eigenvalue weighted by molar-refractivity contribution is 7.89. The smallest absolute Gasteiger partial charge is 0.295 e. The average Bonchev–Trinajstić information content (AvgIpc) is 3.89. The van der Waals surface area contributed by atoms with Crippen LogP contribution >= 0.6 is 0 Å². The molecule has 0 bridgehead atoms. The second-order valence-electron chi connectivity index (χ2n) is 11.2. The van der Waals surface area contributed by atoms with Crippen molar-refractivity contribution < 1.29 is 13.2 Å². The lowest BCUT2D eigenvalue weighted by molar-refractivity contribution is 0.282. The molecule has 0 spiro atoms. The third kappa shape index (κ3) is 5.16. The lowest BCUT2D eigenvalue weighted by atomic mass is 9.98. The van der Waals surface area contributed by atoms with Crippen molar-refractivity contribution in [3.63, 3.8) is 0 Å². The molecule has 6 rings (SSSR count). The predicted octanol–water partition coefficient (Wildman–Crippen LogP) is 2.97. The first kappa shape index (κ1) is 27.0. The number of nitrogens with zero attached hydrogens (tertiary/aromatic N) is 7. The van der Waals surface area contributed by atoms with Gasteiger partial charge in [-0.15, -0.1) is 0 Å². The highest BCUT2D eigenvalue weighted by Gasteiger charge is 2.34. The third-order valence-electron chi connectivity index (χ3n) is 8.46. The fourth-order valence-corrected chi connectivity index (χ4v) is 6.76. The Morgan fingerprint density at radius 3 is 2.48 bits per heavy atom. The molecule has 3 aromatic rings. The summed E-state index contributed by atoms with van der Waals surface area (Å²) >= 11 is 0. The normalized spacial score (nSPS) is 19.6. The summed E-state index contributed by atoms with van der Waals surface area (Å²) in [5.41, 5.74) is 2.36. The summed E-state index contributed by atoms with van der Waals surface area (Å²) in [5, 5.41) is 3.29. The van der Waals surface area contributed by atoms with Crippen LogP contribution in [-0.2, 0) is 10.0 Å². The fraction of sp³-hybridized carbons (Fsp3) is 0.630. The van der Waals surface area contributed by atoms with Gasteiger partial charge in [0.25, 0.3) is 5.56 Å². The first-order valence-electron chi connectivity index (χ1n) is 14.2. The minimum atomic E-state index is -3.17. The van der Waals surface area contributed by atoms with Crippen molar-refractivity contribution in [1.82, 2.24) is 33.8 Å². The van der Waals surface area contributed by atoms with Crippen LogP contribution in [0.25, 0.3) is 22.6 Å². The number of hydrogen-bond acceptors (Lipinski definition) is 10. The number of hydrogen-bond donors (Lipinski definition) is 1. The molecule has 3 aromatic heterocycles. The van der Waals surface area contributed by atoms with Gasteiger partial charge < -0.3 is 10.1 Å². The molecule has 1 atom stereocenters. The predicted molar refractivity (Wildman–Crippen MR) is 151 cm³/mol. The number of nitrogens with one attached hydrogen (secondary N) is 1. The van der Waals surface area contributed by atoms with Crippen molar-refractivity contribution in [2.24, 2.45) is 11.8 Å². The number of methoxy groups -OCH3 is 1. The van der Waals surface area contributed by atoms with Gasteiger partial charge in [0.15, 0.2) is 17.3 Å². The molecule has 12 nitrogen and oxygen atoms in total. The van der Waals surface area contributed by atoms with Crippen molar-refractivity contribution in [3.8, 4) is 17.3 Å². The van der Waals surface area contributed by atoms with Crippen LogP contribution in [-0.4, -0.2) is 74.7 Å². The van der Waals surface area contributed by atoms with Crippen LogP contribution in [0.1, 0.15) is 70.0 Å². The van der Waals surface area contributed by atoms with E-state index in [0.29, 0.717) is 59.9 Å². The molecule has 2 aliphatic carbocycles. The minimum absolute atomic E-state index is 0.0411. The Balaban J connectivity index is 1.32. The quantitative estimate of drug-likeness (QED) is 0.387. The zero-order chi connectivity index (χ0) is 28.0. The summed E-state index contributed by atoms with van der Waals surface area (Å²) in [6.07, 6.45) is 8.89. The van der Waals surface area contributed by atoms with Gasteiger partial charge in [0.05, 0.1) is 24.8 Å². The topological polar surface area (TPSA) is 145 Å². The second kappa shape index (κ2) is 10.7. The molecule has 3 fully saturated rings. The van der Waals surface area contributed by atoms with Crippen LogP contribution in [0.3, 0.4) is 0 Å².